The monoisotopic (exact) mass is 274 g/mol. The Morgan fingerprint density at radius 2 is 2.47 bits per heavy atom. The highest BCUT2D eigenvalue weighted by Crippen LogP contribution is 2.18. The number of hydrogen-bond acceptors (Lipinski definition) is 6. The zero-order valence-electron chi connectivity index (χ0n) is 9.63. The van der Waals surface area contributed by atoms with Gasteiger partial charge in [0.05, 0.1) is 18.8 Å². The summed E-state index contributed by atoms with van der Waals surface area (Å²) in [5.74, 6) is 0. The van der Waals surface area contributed by atoms with E-state index in [2.05, 4.69) is 15.5 Å². The van der Waals surface area contributed by atoms with Gasteiger partial charge in [-0.1, -0.05) is 26.1 Å². The summed E-state index contributed by atoms with van der Waals surface area (Å²) < 4.78 is 8.20. The van der Waals surface area contributed by atoms with Crippen molar-refractivity contribution in [3.05, 3.63) is 0 Å². The molecule has 1 N–H and O–H groups in total. The molecular formula is C8H12N5O2S2+. The smallest absolute Gasteiger partial charge is 0.413 e. The van der Waals surface area contributed by atoms with Gasteiger partial charge in [0, 0.05) is 0 Å². The van der Waals surface area contributed by atoms with Crippen molar-refractivity contribution >= 4 is 39.3 Å². The molecule has 2 heterocycles. The van der Waals surface area contributed by atoms with Crippen LogP contribution in [0.4, 0.5) is 9.93 Å². The first-order valence-electron chi connectivity index (χ1n) is 4.89. The fourth-order valence-corrected chi connectivity index (χ4v) is 2.64. The third-order valence-electron chi connectivity index (χ3n) is 1.92. The number of amides is 1. The lowest BCUT2D eigenvalue weighted by molar-refractivity contribution is -0.615. The summed E-state index contributed by atoms with van der Waals surface area (Å²) in [6.45, 7) is 2.09. The Morgan fingerprint density at radius 1 is 1.71 bits per heavy atom. The predicted molar refractivity (Wildman–Crippen MR) is 64.5 cm³/mol. The van der Waals surface area contributed by atoms with Crippen LogP contribution in [0.3, 0.4) is 0 Å². The van der Waals surface area contributed by atoms with Gasteiger partial charge in [-0.25, -0.2) is 4.79 Å². The van der Waals surface area contributed by atoms with Gasteiger partial charge in [-0.2, -0.15) is 0 Å². The standard InChI is InChI=1S/C8H11N5O2S2/c1-4-15-7(14)9-5-10-13-6(16-3)11-12(2)8(13)17-5/h4H2,1-3H3/p+1. The average molecular weight is 274 g/mol. The van der Waals surface area contributed by atoms with Crippen LogP contribution in [0.5, 0.6) is 0 Å². The van der Waals surface area contributed by atoms with Crippen molar-refractivity contribution in [2.75, 3.05) is 18.2 Å². The molecule has 9 heteroatoms. The summed E-state index contributed by atoms with van der Waals surface area (Å²) in [4.78, 5) is 12.1. The molecule has 0 unspecified atom stereocenters. The van der Waals surface area contributed by atoms with Gasteiger partial charge in [-0.3, -0.25) is 5.32 Å². The lowest BCUT2D eigenvalue weighted by Gasteiger charge is -1.98. The number of nitrogens with one attached hydrogen (secondary N) is 1. The first-order chi connectivity index (χ1) is 8.15. The Hall–Kier alpha value is -1.35. The van der Waals surface area contributed by atoms with Crippen LogP contribution in [0, 0.1) is 0 Å². The molecule has 2 aromatic rings. The third kappa shape index (κ3) is 2.34. The number of rotatable bonds is 3. The highest BCUT2D eigenvalue weighted by atomic mass is 32.2. The zero-order chi connectivity index (χ0) is 12.4. The molecule has 0 aliphatic heterocycles. The van der Waals surface area contributed by atoms with E-state index >= 15 is 0 Å². The fourth-order valence-electron chi connectivity index (χ4n) is 1.26. The van der Waals surface area contributed by atoms with Gasteiger partial charge >= 0.3 is 16.2 Å². The van der Waals surface area contributed by atoms with Crippen molar-refractivity contribution in [1.29, 1.82) is 0 Å². The summed E-state index contributed by atoms with van der Waals surface area (Å²) in [5, 5.41) is 12.4. The zero-order valence-corrected chi connectivity index (χ0v) is 11.3. The topological polar surface area (TPSA) is 73.1 Å². The van der Waals surface area contributed by atoms with Gasteiger partial charge in [0.25, 0.3) is 0 Å². The van der Waals surface area contributed by atoms with Crippen LogP contribution in [-0.4, -0.2) is 33.8 Å². The second-order valence-corrected chi connectivity index (χ2v) is 4.79. The largest absolute Gasteiger partial charge is 0.450 e. The fraction of sp³-hybridized carbons (Fsp3) is 0.500. The molecule has 0 fully saturated rings. The Balaban J connectivity index is 2.28. The molecule has 0 atom stereocenters. The van der Waals surface area contributed by atoms with Crippen molar-refractivity contribution in [3.8, 4) is 0 Å². The number of ether oxygens (including phenoxy) is 1. The summed E-state index contributed by atoms with van der Waals surface area (Å²) in [6.07, 6.45) is 1.43. The van der Waals surface area contributed by atoms with Gasteiger partial charge in [0.2, 0.25) is 5.13 Å². The van der Waals surface area contributed by atoms with E-state index in [1.807, 2.05) is 13.3 Å². The van der Waals surface area contributed by atoms with Crippen molar-refractivity contribution < 1.29 is 14.0 Å². The Bertz CT molecular complexity index is 549. The molecule has 0 bridgehead atoms. The van der Waals surface area contributed by atoms with Crippen LogP contribution in [-0.2, 0) is 11.8 Å². The SMILES string of the molecule is CCOC(=O)Nc1n[n+]2c(SC)nn(C)c2s1. The lowest BCUT2D eigenvalue weighted by atomic mass is 10.9. The molecule has 7 nitrogen and oxygen atoms in total. The highest BCUT2D eigenvalue weighted by molar-refractivity contribution is 7.98. The molecule has 0 aliphatic carbocycles. The molecular weight excluding hydrogens is 262 g/mol. The van der Waals surface area contributed by atoms with Crippen LogP contribution >= 0.6 is 23.1 Å². The van der Waals surface area contributed by atoms with Crippen LogP contribution in [0.2, 0.25) is 0 Å². The van der Waals surface area contributed by atoms with E-state index in [1.165, 1.54) is 23.1 Å². The number of carbonyl (C=O) groups excluding carboxylic acids is 1. The molecule has 0 radical (unpaired) electrons. The molecule has 0 aliphatic rings. The van der Waals surface area contributed by atoms with Crippen molar-refractivity contribution in [1.82, 2.24) is 14.9 Å². The molecule has 92 valence electrons. The van der Waals surface area contributed by atoms with Crippen molar-refractivity contribution in [2.24, 2.45) is 7.05 Å². The Morgan fingerprint density at radius 3 is 3.12 bits per heavy atom. The first kappa shape index (κ1) is 12.1. The van der Waals surface area contributed by atoms with Crippen molar-refractivity contribution in [3.63, 3.8) is 0 Å². The van der Waals surface area contributed by atoms with E-state index in [-0.39, 0.29) is 0 Å². The van der Waals surface area contributed by atoms with E-state index in [9.17, 15) is 4.79 Å². The highest BCUT2D eigenvalue weighted by Gasteiger charge is 2.22. The average Bonchev–Trinajstić information content (AvgIpc) is 2.80. The number of thioether (sulfide) groups is 1. The number of aryl methyl sites for hydroxylation is 1. The molecule has 17 heavy (non-hydrogen) atoms. The lowest BCUT2D eigenvalue weighted by Crippen LogP contribution is -2.24. The second kappa shape index (κ2) is 4.88. The van der Waals surface area contributed by atoms with Gasteiger partial charge in [0.15, 0.2) is 0 Å². The number of carbonyl (C=O) groups is 1. The molecule has 0 aromatic carbocycles. The van der Waals surface area contributed by atoms with Gasteiger partial charge in [-0.05, 0) is 24.5 Å². The van der Waals surface area contributed by atoms with Crippen molar-refractivity contribution in [2.45, 2.75) is 12.1 Å². The van der Waals surface area contributed by atoms with E-state index in [1.54, 1.807) is 16.1 Å². The van der Waals surface area contributed by atoms with Crippen LogP contribution in [0.15, 0.2) is 5.16 Å². The summed E-state index contributed by atoms with van der Waals surface area (Å²) in [7, 11) is 1.83. The molecule has 2 rings (SSSR count). The summed E-state index contributed by atoms with van der Waals surface area (Å²) in [6, 6.07) is 0. The van der Waals surface area contributed by atoms with E-state index in [4.69, 9.17) is 4.74 Å². The quantitative estimate of drug-likeness (QED) is 0.665. The number of aromatic nitrogens is 4. The van der Waals surface area contributed by atoms with Crippen LogP contribution < -0.4 is 9.83 Å². The molecule has 0 saturated carbocycles. The minimum absolute atomic E-state index is 0.335. The molecule has 0 saturated heterocycles. The van der Waals surface area contributed by atoms with E-state index < -0.39 is 6.09 Å². The number of anilines is 1. The van der Waals surface area contributed by atoms with Crippen LogP contribution in [0.1, 0.15) is 6.92 Å². The first-order valence-corrected chi connectivity index (χ1v) is 6.93. The summed E-state index contributed by atoms with van der Waals surface area (Å²) in [5.41, 5.74) is 0. The normalized spacial score (nSPS) is 10.8. The van der Waals surface area contributed by atoms with E-state index in [0.717, 1.165) is 10.1 Å². The maximum Gasteiger partial charge on any atom is 0.413 e. The summed E-state index contributed by atoms with van der Waals surface area (Å²) >= 11 is 2.83. The van der Waals surface area contributed by atoms with Crippen LogP contribution in [0.25, 0.3) is 4.96 Å². The van der Waals surface area contributed by atoms with Gasteiger partial charge < -0.3 is 4.74 Å². The maximum atomic E-state index is 11.2. The van der Waals surface area contributed by atoms with Gasteiger partial charge in [0.1, 0.15) is 0 Å². The van der Waals surface area contributed by atoms with E-state index in [0.29, 0.717) is 11.7 Å². The molecule has 1 amide bonds. The second-order valence-electron chi connectivity index (χ2n) is 3.06. The Kier molecular flexibility index (Phi) is 3.48. The third-order valence-corrected chi connectivity index (χ3v) is 3.54. The molecule has 0 spiro atoms. The number of hydrogen-bond donors (Lipinski definition) is 1. The predicted octanol–water partition coefficient (Wildman–Crippen LogP) is 0.906. The van der Waals surface area contributed by atoms with Gasteiger partial charge in [-0.15, -0.1) is 0 Å². The maximum absolute atomic E-state index is 11.2. The Labute approximate surface area is 106 Å². The minimum atomic E-state index is -0.495. The molecule has 2 aromatic heterocycles. The number of nitrogens with zero attached hydrogens (tertiary/aromatic N) is 4. The minimum Gasteiger partial charge on any atom is -0.450 e. The number of fused-ring (bicyclic) bond motifs is 1.